The van der Waals surface area contributed by atoms with Crippen molar-refractivity contribution in [3.8, 4) is 0 Å². The van der Waals surface area contributed by atoms with E-state index >= 15 is 0 Å². The molecule has 1 nitrogen and oxygen atoms in total. The predicted octanol–water partition coefficient (Wildman–Crippen LogP) is 7.24. The molecule has 16 heavy (non-hydrogen) atoms. The average molecular weight is 238 g/mol. The normalized spacial score (nSPS) is 6.00. The van der Waals surface area contributed by atoms with Gasteiger partial charge in [0.15, 0.2) is 0 Å². The van der Waals surface area contributed by atoms with Crippen molar-refractivity contribution >= 4 is 0 Å². The van der Waals surface area contributed by atoms with E-state index < -0.39 is 0 Å². The maximum Gasteiger partial charge on any atom is -0.0538 e. The lowest BCUT2D eigenvalue weighted by Gasteiger charge is -1.79. The molecule has 0 rings (SSSR count). The summed E-state index contributed by atoms with van der Waals surface area (Å²) in [5, 5.41) is 0. The summed E-state index contributed by atoms with van der Waals surface area (Å²) in [5.74, 6) is 0. The molecule has 0 heterocycles. The van der Waals surface area contributed by atoms with Gasteiger partial charge in [0.2, 0.25) is 0 Å². The van der Waals surface area contributed by atoms with E-state index in [1.165, 1.54) is 38.5 Å². The number of unbranched alkanes of at least 4 members (excludes halogenated alkanes) is 3. The van der Waals surface area contributed by atoms with Crippen molar-refractivity contribution in [1.82, 2.24) is 6.15 Å². The Labute approximate surface area is 108 Å². The summed E-state index contributed by atoms with van der Waals surface area (Å²) < 4.78 is 0. The minimum Gasteiger partial charge on any atom is -0.344 e. The Balaban J connectivity index is -0.0000000210. The summed E-state index contributed by atoms with van der Waals surface area (Å²) in [4.78, 5) is 0. The molecule has 0 unspecified atom stereocenters. The van der Waals surface area contributed by atoms with Gasteiger partial charge in [-0.2, -0.15) is 0 Å². The van der Waals surface area contributed by atoms with Crippen LogP contribution in [0.15, 0.2) is 0 Å². The molecule has 0 fully saturated rings. The van der Waals surface area contributed by atoms with Crippen LogP contribution in [0.2, 0.25) is 0 Å². The van der Waals surface area contributed by atoms with Crippen LogP contribution >= 0.6 is 0 Å². The Morgan fingerprint density at radius 1 is 0.562 bits per heavy atom. The van der Waals surface area contributed by atoms with Crippen LogP contribution in [0.3, 0.4) is 0 Å². The van der Waals surface area contributed by atoms with E-state index in [1.807, 2.05) is 13.8 Å². The van der Waals surface area contributed by atoms with E-state index in [2.05, 4.69) is 41.5 Å². The zero-order valence-corrected chi connectivity index (χ0v) is 12.9. The summed E-state index contributed by atoms with van der Waals surface area (Å²) in [6.45, 7) is 17.0. The Morgan fingerprint density at radius 3 is 0.750 bits per heavy atom. The third-order valence-corrected chi connectivity index (χ3v) is 1.21. The zero-order chi connectivity index (χ0) is 12.2. The quantitative estimate of drug-likeness (QED) is 0.551. The molecule has 0 aliphatic heterocycles. The highest BCUT2D eigenvalue weighted by atomic mass is 14.0. The fraction of sp³-hybridized carbons (Fsp3) is 1.00. The minimum absolute atomic E-state index is 0. The number of rotatable bonds is 3. The van der Waals surface area contributed by atoms with Crippen molar-refractivity contribution in [1.29, 1.82) is 0 Å². The molecule has 0 aromatic carbocycles. The van der Waals surface area contributed by atoms with E-state index in [9.17, 15) is 0 Å². The first-order valence-corrected chi connectivity index (χ1v) is 6.74. The van der Waals surface area contributed by atoms with Gasteiger partial charge in [-0.3, -0.25) is 0 Å². The number of hydrogen-bond acceptors (Lipinski definition) is 1. The van der Waals surface area contributed by atoms with Gasteiger partial charge in [-0.15, -0.1) is 0 Å². The van der Waals surface area contributed by atoms with E-state index in [0.29, 0.717) is 0 Å². The van der Waals surface area contributed by atoms with Crippen molar-refractivity contribution < 1.29 is 0 Å². The Kier molecular flexibility index (Phi) is 185. The van der Waals surface area contributed by atoms with Crippen molar-refractivity contribution in [3.05, 3.63) is 0 Å². The van der Waals surface area contributed by atoms with Crippen molar-refractivity contribution in [2.24, 2.45) is 0 Å². The van der Waals surface area contributed by atoms with Crippen LogP contribution in [0.5, 0.6) is 0 Å². The summed E-state index contributed by atoms with van der Waals surface area (Å²) >= 11 is 0. The predicted molar refractivity (Wildman–Crippen MR) is 84.8 cm³/mol. The lowest BCUT2D eigenvalue weighted by molar-refractivity contribution is 0.772. The fourth-order valence-corrected chi connectivity index (χ4v) is 0.354. The van der Waals surface area contributed by atoms with E-state index in [-0.39, 0.29) is 13.6 Å². The molecule has 1 heteroatoms. The van der Waals surface area contributed by atoms with Crippen LogP contribution in [0.1, 0.15) is 101 Å². The molecule has 0 aliphatic carbocycles. The highest BCUT2D eigenvalue weighted by Gasteiger charge is 1.68. The standard InChI is InChI=1S/C5H12.C4H10.C3H8.C2H6.CH4.H3N/c1-3-5-4-2;1-3-4-2;1-3-2;1-2;;/h3-5H2,1-2H3;3-4H2,1-2H3;3H2,1-2H3;1-2H3;1H4;1H3. The van der Waals surface area contributed by atoms with Gasteiger partial charge < -0.3 is 6.15 Å². The van der Waals surface area contributed by atoms with Crippen LogP contribution < -0.4 is 6.15 Å². The summed E-state index contributed by atoms with van der Waals surface area (Å²) in [6.07, 6.45) is 7.97. The first-order chi connectivity index (χ1) is 6.74. The van der Waals surface area contributed by atoms with Gasteiger partial charge in [0.1, 0.15) is 0 Å². The summed E-state index contributed by atoms with van der Waals surface area (Å²) in [5.41, 5.74) is 0. The van der Waals surface area contributed by atoms with E-state index in [0.717, 1.165) is 0 Å². The molecule has 0 saturated heterocycles. The molecule has 0 aromatic heterocycles. The van der Waals surface area contributed by atoms with Gasteiger partial charge in [0, 0.05) is 0 Å². The SMILES string of the molecule is C.CC.CCC.CCCC.CCCCC.N. The Hall–Kier alpha value is -0.0400. The van der Waals surface area contributed by atoms with Crippen molar-refractivity contribution in [2.45, 2.75) is 101 Å². The first-order valence-electron chi connectivity index (χ1n) is 6.74. The lowest BCUT2D eigenvalue weighted by Crippen LogP contribution is -1.59. The smallest absolute Gasteiger partial charge is 0.0538 e. The molecular weight excluding hydrogens is 194 g/mol. The summed E-state index contributed by atoms with van der Waals surface area (Å²) in [7, 11) is 0. The Morgan fingerprint density at radius 2 is 0.750 bits per heavy atom. The fourth-order valence-electron chi connectivity index (χ4n) is 0.354. The monoisotopic (exact) mass is 237 g/mol. The largest absolute Gasteiger partial charge is 0.344 e. The van der Waals surface area contributed by atoms with Gasteiger partial charge in [0.25, 0.3) is 0 Å². The molecular formula is C15H43N. The van der Waals surface area contributed by atoms with Crippen molar-refractivity contribution in [3.63, 3.8) is 0 Å². The highest BCUT2D eigenvalue weighted by molar-refractivity contribution is 4.24. The van der Waals surface area contributed by atoms with E-state index in [4.69, 9.17) is 0 Å². The molecule has 3 N–H and O–H groups in total. The first kappa shape index (κ1) is 36.0. The lowest BCUT2D eigenvalue weighted by atomic mass is 10.3. The summed E-state index contributed by atoms with van der Waals surface area (Å²) in [6, 6.07) is 0. The molecule has 0 bridgehead atoms. The van der Waals surface area contributed by atoms with Crippen LogP contribution in [0, 0.1) is 0 Å². The minimum atomic E-state index is 0. The molecule has 0 aliphatic rings. The van der Waals surface area contributed by atoms with Gasteiger partial charge in [-0.25, -0.2) is 0 Å². The zero-order valence-electron chi connectivity index (χ0n) is 12.9. The third-order valence-electron chi connectivity index (χ3n) is 1.21. The van der Waals surface area contributed by atoms with Crippen LogP contribution in [0.4, 0.5) is 0 Å². The molecule has 0 saturated carbocycles. The topological polar surface area (TPSA) is 35.0 Å². The maximum absolute atomic E-state index is 2.21. The molecule has 0 aromatic rings. The second-order valence-electron chi connectivity index (χ2n) is 3.06. The molecule has 0 atom stereocenters. The van der Waals surface area contributed by atoms with Crippen LogP contribution in [-0.2, 0) is 0 Å². The van der Waals surface area contributed by atoms with Crippen molar-refractivity contribution in [2.75, 3.05) is 0 Å². The molecule has 108 valence electrons. The van der Waals surface area contributed by atoms with Gasteiger partial charge in [0.05, 0.1) is 0 Å². The Bertz CT molecular complexity index is 32.4. The van der Waals surface area contributed by atoms with Crippen LogP contribution in [-0.4, -0.2) is 0 Å². The second-order valence-corrected chi connectivity index (χ2v) is 3.06. The number of hydrogen-bond donors (Lipinski definition) is 1. The second kappa shape index (κ2) is 82.1. The molecule has 0 amide bonds. The third kappa shape index (κ3) is 268. The molecule has 0 radical (unpaired) electrons. The van der Waals surface area contributed by atoms with E-state index in [1.54, 1.807) is 0 Å². The van der Waals surface area contributed by atoms with Gasteiger partial charge in [-0.05, 0) is 0 Å². The molecule has 0 spiro atoms. The average Bonchev–Trinajstić information content (AvgIpc) is 2.24. The van der Waals surface area contributed by atoms with Gasteiger partial charge in [-0.1, -0.05) is 101 Å². The van der Waals surface area contributed by atoms with Crippen LogP contribution in [0.25, 0.3) is 0 Å². The van der Waals surface area contributed by atoms with Gasteiger partial charge >= 0.3 is 0 Å². The maximum atomic E-state index is 2.21. The highest BCUT2D eigenvalue weighted by Crippen LogP contribution is 1.88.